The van der Waals surface area contributed by atoms with Crippen molar-refractivity contribution in [2.24, 2.45) is 0 Å². The lowest BCUT2D eigenvalue weighted by molar-refractivity contribution is -0.139. The predicted molar refractivity (Wildman–Crippen MR) is 102 cm³/mol. The molecular weight excluding hydrogens is 361 g/mol. The second-order valence-corrected chi connectivity index (χ2v) is 7.04. The molecule has 1 amide bonds. The quantitative estimate of drug-likeness (QED) is 0.765. The van der Waals surface area contributed by atoms with Crippen molar-refractivity contribution in [2.45, 2.75) is 25.3 Å². The number of ether oxygens (including phenoxy) is 1. The molecule has 0 aromatic heterocycles. The van der Waals surface area contributed by atoms with Gasteiger partial charge in [0, 0.05) is 0 Å². The topological polar surface area (TPSA) is 96.3 Å². The third-order valence-electron chi connectivity index (χ3n) is 5.02. The zero-order chi connectivity index (χ0) is 19.7. The van der Waals surface area contributed by atoms with Crippen LogP contribution < -0.4 is 9.39 Å². The molecule has 28 heavy (non-hydrogen) atoms. The van der Waals surface area contributed by atoms with E-state index in [2.05, 4.69) is 0 Å². The Morgan fingerprint density at radius 3 is 2.64 bits per heavy atom. The monoisotopic (exact) mass is 381 g/mol. The maximum absolute atomic E-state index is 12.3. The summed E-state index contributed by atoms with van der Waals surface area (Å²) in [6.45, 7) is 0.816. The van der Waals surface area contributed by atoms with Gasteiger partial charge in [-0.2, -0.15) is 0 Å². The zero-order valence-corrected chi connectivity index (χ0v) is 15.2. The molecule has 2 aromatic rings. The minimum absolute atomic E-state index is 0.0152. The third kappa shape index (κ3) is 3.68. The van der Waals surface area contributed by atoms with Gasteiger partial charge >= 0.3 is 13.1 Å². The molecule has 0 bridgehead atoms. The first-order chi connectivity index (χ1) is 13.5. The highest BCUT2D eigenvalue weighted by molar-refractivity contribution is 6.44. The number of carbonyl (C=O) groups excluding carboxylic acids is 1. The number of hydrogen-bond donors (Lipinski definition) is 2. The molecule has 8 heteroatoms. The van der Waals surface area contributed by atoms with Gasteiger partial charge in [0.1, 0.15) is 23.2 Å². The molecule has 0 saturated carbocycles. The number of aromatic carboxylic acids is 1. The van der Waals surface area contributed by atoms with Gasteiger partial charge in [0.25, 0.3) is 0 Å². The summed E-state index contributed by atoms with van der Waals surface area (Å²) in [6, 6.07) is 12.9. The second-order valence-electron chi connectivity index (χ2n) is 7.04. The molecule has 7 nitrogen and oxygen atoms in total. The zero-order valence-electron chi connectivity index (χ0n) is 15.2. The van der Waals surface area contributed by atoms with Crippen LogP contribution in [-0.4, -0.2) is 53.2 Å². The highest BCUT2D eigenvalue weighted by atomic mass is 16.5. The van der Waals surface area contributed by atoms with Gasteiger partial charge in [-0.1, -0.05) is 36.4 Å². The van der Waals surface area contributed by atoms with Crippen LogP contribution in [0.3, 0.4) is 0 Å². The Labute approximate surface area is 162 Å². The molecule has 0 spiro atoms. The van der Waals surface area contributed by atoms with Crippen LogP contribution in [0.2, 0.25) is 6.32 Å². The van der Waals surface area contributed by atoms with E-state index >= 15 is 0 Å². The lowest BCUT2D eigenvalue weighted by atomic mass is 9.78. The summed E-state index contributed by atoms with van der Waals surface area (Å²) < 4.78 is 11.2. The highest BCUT2D eigenvalue weighted by Crippen LogP contribution is 2.37. The van der Waals surface area contributed by atoms with Crippen molar-refractivity contribution in [1.29, 1.82) is 0 Å². The molecule has 0 aliphatic carbocycles. The Balaban J connectivity index is 1.41. The van der Waals surface area contributed by atoms with Crippen molar-refractivity contribution in [3.8, 4) is 11.5 Å². The first-order valence-corrected chi connectivity index (χ1v) is 9.23. The maximum Gasteiger partial charge on any atom is 0.522 e. The summed E-state index contributed by atoms with van der Waals surface area (Å²) in [5.74, 6) is -0.792. The number of benzene rings is 2. The van der Waals surface area contributed by atoms with Gasteiger partial charge in [-0.05, 0) is 29.9 Å². The molecule has 2 aromatic carbocycles. The van der Waals surface area contributed by atoms with E-state index in [4.69, 9.17) is 9.39 Å². The first kappa shape index (κ1) is 18.4. The minimum Gasteiger partial charge on any atom is -0.535 e. The number of aryl methyl sites for hydroxylation is 1. The van der Waals surface area contributed by atoms with Crippen LogP contribution in [0.1, 0.15) is 21.5 Å². The smallest absolute Gasteiger partial charge is 0.522 e. The van der Waals surface area contributed by atoms with E-state index in [9.17, 15) is 19.7 Å². The van der Waals surface area contributed by atoms with Gasteiger partial charge in [0.05, 0.1) is 19.5 Å². The molecule has 0 atom stereocenters. The number of hydrogen-bond acceptors (Lipinski definition) is 5. The second kappa shape index (κ2) is 7.56. The normalized spacial score (nSPS) is 16.0. The van der Waals surface area contributed by atoms with Crippen LogP contribution in [0, 0.1) is 0 Å². The van der Waals surface area contributed by atoms with Gasteiger partial charge in [-0.3, -0.25) is 4.79 Å². The van der Waals surface area contributed by atoms with Crippen molar-refractivity contribution >= 4 is 19.0 Å². The van der Waals surface area contributed by atoms with Gasteiger partial charge in [-0.25, -0.2) is 4.79 Å². The van der Waals surface area contributed by atoms with Crippen LogP contribution in [0.25, 0.3) is 0 Å². The number of amides is 1. The molecule has 0 unspecified atom stereocenters. The van der Waals surface area contributed by atoms with Crippen LogP contribution in [0.4, 0.5) is 0 Å². The van der Waals surface area contributed by atoms with Crippen LogP contribution in [0.5, 0.6) is 11.5 Å². The lowest BCUT2D eigenvalue weighted by Crippen LogP contribution is -2.56. The molecular formula is C20H20BNO6. The number of carboxylic acids is 1. The summed E-state index contributed by atoms with van der Waals surface area (Å²) in [4.78, 5) is 25.8. The van der Waals surface area contributed by atoms with Gasteiger partial charge in [-0.15, -0.1) is 0 Å². The summed E-state index contributed by atoms with van der Waals surface area (Å²) in [7, 11) is -1.02. The van der Waals surface area contributed by atoms with Crippen LogP contribution in [-0.2, 0) is 17.6 Å². The molecule has 4 rings (SSSR count). The largest absolute Gasteiger partial charge is 0.535 e. The molecule has 2 heterocycles. The fourth-order valence-electron chi connectivity index (χ4n) is 3.49. The van der Waals surface area contributed by atoms with E-state index in [0.29, 0.717) is 32.3 Å². The van der Waals surface area contributed by atoms with E-state index in [1.165, 1.54) is 0 Å². The average molecular weight is 381 g/mol. The minimum atomic E-state index is -1.17. The molecule has 0 radical (unpaired) electrons. The molecule has 2 aliphatic rings. The Kier molecular flexibility index (Phi) is 4.96. The fraction of sp³-hybridized carbons (Fsp3) is 0.300. The van der Waals surface area contributed by atoms with Crippen molar-refractivity contribution in [3.05, 3.63) is 59.2 Å². The number of rotatable bonds is 5. The van der Waals surface area contributed by atoms with E-state index in [1.807, 2.05) is 30.3 Å². The maximum atomic E-state index is 12.3. The summed E-state index contributed by atoms with van der Waals surface area (Å²) >= 11 is 0. The standard InChI is InChI=1S/C20H20BNO6/c23-17(10-13-4-2-1-3-5-13)22-11-15(12-22)27-16-7-6-14-8-9-21(26)28-19(14)18(16)20(24)25/h1-7,15,26H,8-12H2,(H,24,25). The number of nitrogens with zero attached hydrogens (tertiary/aromatic N) is 1. The predicted octanol–water partition coefficient (Wildman–Crippen LogP) is 1.63. The highest BCUT2D eigenvalue weighted by Gasteiger charge is 2.35. The average Bonchev–Trinajstić information content (AvgIpc) is 2.64. The van der Waals surface area contributed by atoms with E-state index in [-0.39, 0.29) is 29.1 Å². The molecule has 144 valence electrons. The SMILES string of the molecule is O=C(O)c1c(OC2CN(C(=O)Cc3ccccc3)C2)ccc2c1OB(O)CC2. The molecule has 1 fully saturated rings. The van der Waals surface area contributed by atoms with E-state index in [1.54, 1.807) is 17.0 Å². The van der Waals surface area contributed by atoms with E-state index < -0.39 is 13.1 Å². The lowest BCUT2D eigenvalue weighted by Gasteiger charge is -2.39. The van der Waals surface area contributed by atoms with Crippen molar-refractivity contribution in [3.63, 3.8) is 0 Å². The van der Waals surface area contributed by atoms with Gasteiger partial charge < -0.3 is 24.4 Å². The number of fused-ring (bicyclic) bond motifs is 1. The van der Waals surface area contributed by atoms with Crippen LogP contribution >= 0.6 is 0 Å². The van der Waals surface area contributed by atoms with Gasteiger partial charge in [0.2, 0.25) is 5.91 Å². The number of likely N-dealkylation sites (tertiary alicyclic amines) is 1. The molecule has 2 aliphatic heterocycles. The van der Waals surface area contributed by atoms with Crippen molar-refractivity contribution < 1.29 is 29.1 Å². The fourth-order valence-corrected chi connectivity index (χ4v) is 3.49. The Bertz CT molecular complexity index is 897. The summed E-state index contributed by atoms with van der Waals surface area (Å²) in [5.41, 5.74) is 1.61. The first-order valence-electron chi connectivity index (χ1n) is 9.23. The molecule has 1 saturated heterocycles. The van der Waals surface area contributed by atoms with Gasteiger partial charge in [0.15, 0.2) is 0 Å². The number of carboxylic acid groups (broad SMARTS) is 1. The molecule has 2 N–H and O–H groups in total. The van der Waals surface area contributed by atoms with Crippen LogP contribution in [0.15, 0.2) is 42.5 Å². The Hall–Kier alpha value is -3.00. The Morgan fingerprint density at radius 2 is 1.93 bits per heavy atom. The van der Waals surface area contributed by atoms with Crippen molar-refractivity contribution in [1.82, 2.24) is 4.90 Å². The number of carbonyl (C=O) groups is 2. The van der Waals surface area contributed by atoms with Crippen molar-refractivity contribution in [2.75, 3.05) is 13.1 Å². The summed E-state index contributed by atoms with van der Waals surface area (Å²) in [5, 5.41) is 19.3. The van der Waals surface area contributed by atoms with E-state index in [0.717, 1.165) is 11.1 Å². The Morgan fingerprint density at radius 1 is 1.18 bits per heavy atom. The summed E-state index contributed by atoms with van der Waals surface area (Å²) in [6.07, 6.45) is 1.03. The third-order valence-corrected chi connectivity index (χ3v) is 5.02.